The lowest BCUT2D eigenvalue weighted by atomic mass is 10.2. The maximum atomic E-state index is 5.93. The van der Waals surface area contributed by atoms with Crippen molar-refractivity contribution < 1.29 is 14.0 Å². The lowest BCUT2D eigenvalue weighted by molar-refractivity contribution is 0.137. The van der Waals surface area contributed by atoms with Crippen molar-refractivity contribution in [2.45, 2.75) is 6.04 Å². The molecule has 5 nitrogen and oxygen atoms in total. The van der Waals surface area contributed by atoms with E-state index in [1.165, 1.54) is 0 Å². The van der Waals surface area contributed by atoms with Gasteiger partial charge < -0.3 is 19.3 Å². The molecule has 1 heterocycles. The minimum absolute atomic E-state index is 0. The normalized spacial score (nSPS) is 12.2. The molecule has 0 bridgehead atoms. The van der Waals surface area contributed by atoms with Gasteiger partial charge in [0, 0.05) is 12.1 Å². The third-order valence-electron chi connectivity index (χ3n) is 2.60. The summed E-state index contributed by atoms with van der Waals surface area (Å²) < 4.78 is 15.8. The smallest absolute Gasteiger partial charge is 0.262 e. The standard InChI is InChI=1S/C12H15ClN2O3.ClH/c1-14-9(6-16-2)7-17-12-10-5-8(13)3-4-11(10)18-15-12;/h3-5,9,14H,6-7H2,1-2H3;1H. The molecule has 1 unspecified atom stereocenters. The molecule has 0 fully saturated rings. The van der Waals surface area contributed by atoms with E-state index in [1.54, 1.807) is 25.3 Å². The zero-order valence-electron chi connectivity index (χ0n) is 10.7. The van der Waals surface area contributed by atoms with Crippen LogP contribution in [0.5, 0.6) is 5.88 Å². The van der Waals surface area contributed by atoms with Gasteiger partial charge in [-0.05, 0) is 30.4 Å². The van der Waals surface area contributed by atoms with Crippen molar-refractivity contribution in [3.8, 4) is 5.88 Å². The van der Waals surface area contributed by atoms with Crippen molar-refractivity contribution in [2.75, 3.05) is 27.4 Å². The average molecular weight is 307 g/mol. The molecule has 1 aromatic carbocycles. The second-order valence-electron chi connectivity index (χ2n) is 3.88. The van der Waals surface area contributed by atoms with E-state index in [-0.39, 0.29) is 18.4 Å². The molecule has 0 saturated heterocycles. The maximum absolute atomic E-state index is 5.93. The van der Waals surface area contributed by atoms with Gasteiger partial charge in [-0.1, -0.05) is 11.6 Å². The zero-order valence-corrected chi connectivity index (χ0v) is 12.3. The van der Waals surface area contributed by atoms with E-state index in [2.05, 4.69) is 10.5 Å². The van der Waals surface area contributed by atoms with Crippen LogP contribution in [0.1, 0.15) is 0 Å². The Balaban J connectivity index is 0.00000180. The topological polar surface area (TPSA) is 56.5 Å². The minimum Gasteiger partial charge on any atom is -0.473 e. The summed E-state index contributed by atoms with van der Waals surface area (Å²) >= 11 is 5.93. The number of aromatic nitrogens is 1. The van der Waals surface area contributed by atoms with Gasteiger partial charge in [0.05, 0.1) is 18.0 Å². The van der Waals surface area contributed by atoms with Gasteiger partial charge >= 0.3 is 0 Å². The monoisotopic (exact) mass is 306 g/mol. The Labute approximate surface area is 122 Å². The molecule has 1 atom stereocenters. The highest BCUT2D eigenvalue weighted by molar-refractivity contribution is 6.31. The first-order valence-corrected chi connectivity index (χ1v) is 5.96. The van der Waals surface area contributed by atoms with Crippen molar-refractivity contribution in [1.82, 2.24) is 10.5 Å². The Bertz CT molecular complexity index is 519. The van der Waals surface area contributed by atoms with Gasteiger partial charge in [0.15, 0.2) is 5.58 Å². The SMILES string of the molecule is CNC(COC)COc1noc2ccc(Cl)cc12.Cl. The number of ether oxygens (including phenoxy) is 2. The van der Waals surface area contributed by atoms with E-state index in [1.807, 2.05) is 7.05 Å². The van der Waals surface area contributed by atoms with Crippen molar-refractivity contribution in [3.63, 3.8) is 0 Å². The van der Waals surface area contributed by atoms with Gasteiger partial charge in [0.1, 0.15) is 6.61 Å². The van der Waals surface area contributed by atoms with Crippen LogP contribution in [0.15, 0.2) is 22.7 Å². The van der Waals surface area contributed by atoms with Gasteiger partial charge in [-0.2, -0.15) is 0 Å². The number of hydrogen-bond acceptors (Lipinski definition) is 5. The summed E-state index contributed by atoms with van der Waals surface area (Å²) in [6.07, 6.45) is 0. The number of benzene rings is 1. The summed E-state index contributed by atoms with van der Waals surface area (Å²) in [6, 6.07) is 5.39. The van der Waals surface area contributed by atoms with Crippen LogP contribution in [-0.4, -0.2) is 38.6 Å². The van der Waals surface area contributed by atoms with Crippen LogP contribution in [0.2, 0.25) is 5.02 Å². The molecule has 106 valence electrons. The molecular weight excluding hydrogens is 291 g/mol. The summed E-state index contributed by atoms with van der Waals surface area (Å²) in [6.45, 7) is 1.01. The fourth-order valence-corrected chi connectivity index (χ4v) is 1.76. The molecule has 0 radical (unpaired) electrons. The summed E-state index contributed by atoms with van der Waals surface area (Å²) in [5.74, 6) is 0.448. The molecule has 0 saturated carbocycles. The zero-order chi connectivity index (χ0) is 13.0. The van der Waals surface area contributed by atoms with E-state index in [0.717, 1.165) is 5.39 Å². The summed E-state index contributed by atoms with van der Waals surface area (Å²) in [5.41, 5.74) is 0.655. The molecule has 2 aromatic rings. The van der Waals surface area contributed by atoms with Crippen LogP contribution < -0.4 is 10.1 Å². The molecule has 0 spiro atoms. The Morgan fingerprint density at radius 1 is 1.42 bits per heavy atom. The molecule has 1 N–H and O–H groups in total. The number of fused-ring (bicyclic) bond motifs is 1. The van der Waals surface area contributed by atoms with Gasteiger partial charge in [-0.15, -0.1) is 12.4 Å². The van der Waals surface area contributed by atoms with E-state index >= 15 is 0 Å². The number of hydrogen-bond donors (Lipinski definition) is 1. The average Bonchev–Trinajstić information content (AvgIpc) is 2.77. The summed E-state index contributed by atoms with van der Waals surface area (Å²) in [5, 5.41) is 8.36. The largest absolute Gasteiger partial charge is 0.473 e. The van der Waals surface area contributed by atoms with Crippen molar-refractivity contribution in [2.24, 2.45) is 0 Å². The molecule has 1 aromatic heterocycles. The molecular formula is C12H16Cl2N2O3. The molecule has 0 aliphatic carbocycles. The lowest BCUT2D eigenvalue weighted by Crippen LogP contribution is -2.35. The van der Waals surface area contributed by atoms with Crippen LogP contribution in [0.4, 0.5) is 0 Å². The van der Waals surface area contributed by atoms with E-state index in [4.69, 9.17) is 25.6 Å². The Morgan fingerprint density at radius 2 is 2.21 bits per heavy atom. The Hall–Kier alpha value is -1.01. The van der Waals surface area contributed by atoms with E-state index < -0.39 is 0 Å². The minimum atomic E-state index is 0. The van der Waals surface area contributed by atoms with Crippen LogP contribution in [-0.2, 0) is 4.74 Å². The second-order valence-corrected chi connectivity index (χ2v) is 4.32. The highest BCUT2D eigenvalue weighted by Crippen LogP contribution is 2.27. The molecule has 0 amide bonds. The van der Waals surface area contributed by atoms with Gasteiger partial charge in [0.2, 0.25) is 0 Å². The van der Waals surface area contributed by atoms with Gasteiger partial charge in [-0.25, -0.2) is 0 Å². The number of nitrogens with one attached hydrogen (secondary N) is 1. The number of halogens is 2. The van der Waals surface area contributed by atoms with Crippen molar-refractivity contribution in [3.05, 3.63) is 23.2 Å². The molecule has 0 aliphatic heterocycles. The fraction of sp³-hybridized carbons (Fsp3) is 0.417. The Kier molecular flexibility index (Phi) is 6.37. The van der Waals surface area contributed by atoms with Crippen LogP contribution >= 0.6 is 24.0 Å². The first-order chi connectivity index (χ1) is 8.74. The molecule has 7 heteroatoms. The molecule has 19 heavy (non-hydrogen) atoms. The van der Waals surface area contributed by atoms with Crippen molar-refractivity contribution >= 4 is 35.0 Å². The maximum Gasteiger partial charge on any atom is 0.262 e. The van der Waals surface area contributed by atoms with Crippen LogP contribution in [0.25, 0.3) is 11.0 Å². The second kappa shape index (κ2) is 7.55. The highest BCUT2D eigenvalue weighted by atomic mass is 35.5. The predicted molar refractivity (Wildman–Crippen MR) is 76.5 cm³/mol. The molecule has 2 rings (SSSR count). The summed E-state index contributed by atoms with van der Waals surface area (Å²) in [4.78, 5) is 0. The third-order valence-corrected chi connectivity index (χ3v) is 2.83. The molecule has 0 aliphatic rings. The van der Waals surface area contributed by atoms with Crippen LogP contribution in [0.3, 0.4) is 0 Å². The number of nitrogens with zero attached hydrogens (tertiary/aromatic N) is 1. The highest BCUT2D eigenvalue weighted by Gasteiger charge is 2.12. The van der Waals surface area contributed by atoms with E-state index in [9.17, 15) is 0 Å². The van der Waals surface area contributed by atoms with Gasteiger partial charge in [0.25, 0.3) is 5.88 Å². The van der Waals surface area contributed by atoms with Crippen molar-refractivity contribution in [1.29, 1.82) is 0 Å². The van der Waals surface area contributed by atoms with E-state index in [0.29, 0.717) is 29.7 Å². The fourth-order valence-electron chi connectivity index (χ4n) is 1.59. The number of likely N-dealkylation sites (N-methyl/N-ethyl adjacent to an activating group) is 1. The predicted octanol–water partition coefficient (Wildman–Crippen LogP) is 2.52. The Morgan fingerprint density at radius 3 is 2.89 bits per heavy atom. The lowest BCUT2D eigenvalue weighted by Gasteiger charge is -2.14. The van der Waals surface area contributed by atoms with Gasteiger partial charge in [-0.3, -0.25) is 0 Å². The summed E-state index contributed by atoms with van der Waals surface area (Å²) in [7, 11) is 3.50. The number of methoxy groups -OCH3 is 1. The quantitative estimate of drug-likeness (QED) is 0.888. The first-order valence-electron chi connectivity index (χ1n) is 5.58. The third kappa shape index (κ3) is 3.98. The van der Waals surface area contributed by atoms with Crippen LogP contribution in [0, 0.1) is 0 Å². The number of rotatable bonds is 6. The first kappa shape index (κ1) is 16.0.